The predicted molar refractivity (Wildman–Crippen MR) is 112 cm³/mol. The van der Waals surface area contributed by atoms with Gasteiger partial charge >= 0.3 is 0 Å². The molecule has 2 aliphatic heterocycles. The molecule has 0 spiro atoms. The van der Waals surface area contributed by atoms with Gasteiger partial charge in [0, 0.05) is 19.1 Å². The van der Waals surface area contributed by atoms with Crippen molar-refractivity contribution >= 4 is 15.9 Å². The minimum absolute atomic E-state index is 0.0266. The van der Waals surface area contributed by atoms with E-state index < -0.39 is 10.0 Å². The number of carbonyl (C=O) groups excluding carboxylic acids is 1. The third kappa shape index (κ3) is 6.03. The van der Waals surface area contributed by atoms with Gasteiger partial charge in [0.15, 0.2) is 0 Å². The summed E-state index contributed by atoms with van der Waals surface area (Å²) in [4.78, 5) is 14.9. The van der Waals surface area contributed by atoms with Crippen LogP contribution in [0.2, 0.25) is 0 Å². The molecule has 28 heavy (non-hydrogen) atoms. The molecule has 156 valence electrons. The van der Waals surface area contributed by atoms with Crippen molar-refractivity contribution in [2.75, 3.05) is 39.0 Å². The van der Waals surface area contributed by atoms with Gasteiger partial charge in [0.25, 0.3) is 0 Å². The van der Waals surface area contributed by atoms with E-state index in [1.54, 1.807) is 4.31 Å². The van der Waals surface area contributed by atoms with Gasteiger partial charge in [-0.15, -0.1) is 0 Å². The number of amides is 1. The first-order chi connectivity index (χ1) is 13.4. The maximum Gasteiger partial charge on any atom is 0.224 e. The van der Waals surface area contributed by atoms with Crippen molar-refractivity contribution in [2.24, 2.45) is 5.92 Å². The number of nitrogens with zero attached hydrogens (tertiary/aromatic N) is 2. The Morgan fingerprint density at radius 1 is 1.11 bits per heavy atom. The molecular formula is C21H33N3O3S. The molecule has 6 nitrogen and oxygen atoms in total. The van der Waals surface area contributed by atoms with E-state index in [1.807, 2.05) is 30.3 Å². The third-order valence-electron chi connectivity index (χ3n) is 5.92. The molecule has 3 rings (SSSR count). The summed E-state index contributed by atoms with van der Waals surface area (Å²) < 4.78 is 27.1. The smallest absolute Gasteiger partial charge is 0.224 e. The molecule has 0 radical (unpaired) electrons. The number of nitrogens with one attached hydrogen (secondary N) is 1. The van der Waals surface area contributed by atoms with E-state index in [4.69, 9.17) is 0 Å². The van der Waals surface area contributed by atoms with Crippen LogP contribution < -0.4 is 5.32 Å². The van der Waals surface area contributed by atoms with Gasteiger partial charge in [-0.2, -0.15) is 0 Å². The number of rotatable bonds is 7. The number of aryl methyl sites for hydroxylation is 1. The fraction of sp³-hybridized carbons (Fsp3) is 0.667. The second-order valence-electron chi connectivity index (χ2n) is 8.19. The maximum atomic E-state index is 12.8. The Hall–Kier alpha value is -1.44. The maximum absolute atomic E-state index is 12.8. The van der Waals surface area contributed by atoms with Gasteiger partial charge < -0.3 is 10.2 Å². The first kappa shape index (κ1) is 21.3. The Kier molecular flexibility index (Phi) is 7.48. The van der Waals surface area contributed by atoms with Crippen LogP contribution in [0.5, 0.6) is 0 Å². The number of hydrogen-bond donors (Lipinski definition) is 1. The summed E-state index contributed by atoms with van der Waals surface area (Å²) in [5, 5.41) is 3.16. The monoisotopic (exact) mass is 407 g/mol. The normalized spacial score (nSPS) is 22.8. The molecule has 0 aliphatic carbocycles. The first-order valence-electron chi connectivity index (χ1n) is 10.4. The minimum Gasteiger partial charge on any atom is -0.353 e. The first-order valence-corrected chi connectivity index (χ1v) is 12.1. The predicted octanol–water partition coefficient (Wildman–Crippen LogP) is 1.87. The van der Waals surface area contributed by atoms with Gasteiger partial charge in [0.05, 0.1) is 11.7 Å². The fourth-order valence-electron chi connectivity index (χ4n) is 4.11. The summed E-state index contributed by atoms with van der Waals surface area (Å²) in [5.41, 5.74) is 1.16. The minimum atomic E-state index is -3.31. The van der Waals surface area contributed by atoms with Crippen LogP contribution in [0.3, 0.4) is 0 Å². The number of hydrogen-bond acceptors (Lipinski definition) is 4. The molecule has 1 N–H and O–H groups in total. The van der Waals surface area contributed by atoms with Crippen LogP contribution in [0.25, 0.3) is 0 Å². The Bertz CT molecular complexity index is 731. The van der Waals surface area contributed by atoms with Crippen LogP contribution in [0.1, 0.15) is 37.7 Å². The average molecular weight is 408 g/mol. The molecular weight excluding hydrogens is 374 g/mol. The summed E-state index contributed by atoms with van der Waals surface area (Å²) in [6, 6.07) is 10.2. The standard InChI is InChI=1S/C21H33N3O3S/c1-23-14-11-20(12-15-23)22-21(25)19-10-5-13-24(17-19)28(26,27)16-6-9-18-7-3-2-4-8-18/h2-4,7-8,19-20H,5-6,9-17H2,1H3,(H,22,25)/t19-/m1/s1. The van der Waals surface area contributed by atoms with Crippen molar-refractivity contribution in [1.82, 2.24) is 14.5 Å². The average Bonchev–Trinajstić information content (AvgIpc) is 2.70. The highest BCUT2D eigenvalue weighted by Gasteiger charge is 2.33. The van der Waals surface area contributed by atoms with Crippen molar-refractivity contribution < 1.29 is 13.2 Å². The summed E-state index contributed by atoms with van der Waals surface area (Å²) in [6.45, 7) is 2.85. The quantitative estimate of drug-likeness (QED) is 0.749. The highest BCUT2D eigenvalue weighted by Crippen LogP contribution is 2.21. The Balaban J connectivity index is 1.48. The van der Waals surface area contributed by atoms with Gasteiger partial charge in [0.2, 0.25) is 15.9 Å². The lowest BCUT2D eigenvalue weighted by Crippen LogP contribution is -2.50. The molecule has 7 heteroatoms. The highest BCUT2D eigenvalue weighted by molar-refractivity contribution is 7.89. The molecule has 1 amide bonds. The molecule has 2 saturated heterocycles. The molecule has 0 bridgehead atoms. The van der Waals surface area contributed by atoms with Crippen LogP contribution in [0.4, 0.5) is 0 Å². The molecule has 0 unspecified atom stereocenters. The number of sulfonamides is 1. The van der Waals surface area contributed by atoms with Crippen molar-refractivity contribution in [3.8, 4) is 0 Å². The van der Waals surface area contributed by atoms with E-state index in [0.29, 0.717) is 19.5 Å². The van der Waals surface area contributed by atoms with E-state index >= 15 is 0 Å². The Morgan fingerprint density at radius 3 is 2.54 bits per heavy atom. The molecule has 2 heterocycles. The third-order valence-corrected chi connectivity index (χ3v) is 7.85. The molecule has 0 saturated carbocycles. The summed E-state index contributed by atoms with van der Waals surface area (Å²) >= 11 is 0. The number of likely N-dealkylation sites (tertiary alicyclic amines) is 1. The van der Waals surface area contributed by atoms with Crippen LogP contribution in [0, 0.1) is 5.92 Å². The number of benzene rings is 1. The Morgan fingerprint density at radius 2 is 1.82 bits per heavy atom. The van der Waals surface area contributed by atoms with E-state index in [2.05, 4.69) is 17.3 Å². The van der Waals surface area contributed by atoms with Crippen molar-refractivity contribution in [1.29, 1.82) is 0 Å². The van der Waals surface area contributed by atoms with Crippen molar-refractivity contribution in [3.05, 3.63) is 35.9 Å². The number of carbonyl (C=O) groups is 1. The largest absolute Gasteiger partial charge is 0.353 e. The zero-order valence-corrected chi connectivity index (χ0v) is 17.7. The van der Waals surface area contributed by atoms with Crippen LogP contribution >= 0.6 is 0 Å². The lowest BCUT2D eigenvalue weighted by molar-refractivity contribution is -0.127. The van der Waals surface area contributed by atoms with E-state index in [0.717, 1.165) is 50.8 Å². The zero-order chi connectivity index (χ0) is 20.0. The van der Waals surface area contributed by atoms with Gasteiger partial charge in [0.1, 0.15) is 0 Å². The van der Waals surface area contributed by atoms with Crippen LogP contribution in [0.15, 0.2) is 30.3 Å². The molecule has 1 atom stereocenters. The summed E-state index contributed by atoms with van der Waals surface area (Å²) in [7, 11) is -1.22. The fourth-order valence-corrected chi connectivity index (χ4v) is 5.70. The zero-order valence-electron chi connectivity index (χ0n) is 16.8. The molecule has 1 aromatic rings. The lowest BCUT2D eigenvalue weighted by atomic mass is 9.97. The summed E-state index contributed by atoms with van der Waals surface area (Å²) in [5.74, 6) is -0.0541. The van der Waals surface area contributed by atoms with E-state index in [9.17, 15) is 13.2 Å². The van der Waals surface area contributed by atoms with E-state index in [-0.39, 0.29) is 23.6 Å². The van der Waals surface area contributed by atoms with Gasteiger partial charge in [-0.3, -0.25) is 4.79 Å². The highest BCUT2D eigenvalue weighted by atomic mass is 32.2. The van der Waals surface area contributed by atoms with Crippen LogP contribution in [-0.2, 0) is 21.2 Å². The van der Waals surface area contributed by atoms with E-state index in [1.165, 1.54) is 0 Å². The summed E-state index contributed by atoms with van der Waals surface area (Å²) in [6.07, 6.45) is 4.83. The SMILES string of the molecule is CN1CCC(NC(=O)[C@@H]2CCCN(S(=O)(=O)CCCc3ccccc3)C2)CC1. The Labute approximate surface area is 169 Å². The van der Waals surface area contributed by atoms with Gasteiger partial charge in [-0.25, -0.2) is 12.7 Å². The van der Waals surface area contributed by atoms with Crippen molar-refractivity contribution in [3.63, 3.8) is 0 Å². The van der Waals surface area contributed by atoms with Crippen molar-refractivity contribution in [2.45, 2.75) is 44.6 Å². The second kappa shape index (κ2) is 9.85. The second-order valence-corrected chi connectivity index (χ2v) is 10.3. The van der Waals surface area contributed by atoms with Gasteiger partial charge in [-0.1, -0.05) is 30.3 Å². The molecule has 2 aliphatic rings. The molecule has 1 aromatic carbocycles. The molecule has 2 fully saturated rings. The molecule has 0 aromatic heterocycles. The number of piperidine rings is 2. The topological polar surface area (TPSA) is 69.7 Å². The van der Waals surface area contributed by atoms with Crippen LogP contribution in [-0.4, -0.2) is 68.6 Å². The van der Waals surface area contributed by atoms with Gasteiger partial charge in [-0.05, 0) is 64.2 Å². The lowest BCUT2D eigenvalue weighted by Gasteiger charge is -2.34.